The van der Waals surface area contributed by atoms with Crippen molar-refractivity contribution in [1.29, 1.82) is 0 Å². The number of halogens is 1. The van der Waals surface area contributed by atoms with Gasteiger partial charge in [0.1, 0.15) is 5.75 Å². The fourth-order valence-corrected chi connectivity index (χ4v) is 3.56. The lowest BCUT2D eigenvalue weighted by Gasteiger charge is -2.19. The summed E-state index contributed by atoms with van der Waals surface area (Å²) in [5.74, 6) is -1.46. The first-order chi connectivity index (χ1) is 15.7. The quantitative estimate of drug-likeness (QED) is 0.413. The molecule has 0 spiro atoms. The standard InChI is InChI=1S/C24H24ClN3O5/c1-14-7-9-16(10-8-14)19(11-20(29)30)26-24(33)27-21-22(31)15(2)12-28(23(21)32)13-17-5-3-4-6-18(17)25/h3-10,12,19,31H,11,13H2,1-2H3,(H,29,30)(H2,26,27,33)/t19-/m0/s1. The highest BCUT2D eigenvalue weighted by molar-refractivity contribution is 6.31. The Labute approximate surface area is 195 Å². The van der Waals surface area contributed by atoms with E-state index in [-0.39, 0.29) is 24.4 Å². The molecule has 0 unspecified atom stereocenters. The van der Waals surface area contributed by atoms with Gasteiger partial charge >= 0.3 is 12.0 Å². The summed E-state index contributed by atoms with van der Waals surface area (Å²) in [6, 6.07) is 12.5. The highest BCUT2D eigenvalue weighted by Crippen LogP contribution is 2.25. The number of benzene rings is 2. The van der Waals surface area contributed by atoms with E-state index in [9.17, 15) is 24.6 Å². The van der Waals surface area contributed by atoms with Crippen molar-refractivity contribution in [1.82, 2.24) is 9.88 Å². The Kier molecular flexibility index (Phi) is 7.40. The number of carbonyl (C=O) groups is 2. The molecule has 0 saturated heterocycles. The van der Waals surface area contributed by atoms with Crippen LogP contribution in [0.4, 0.5) is 10.5 Å². The summed E-state index contributed by atoms with van der Waals surface area (Å²) in [7, 11) is 0. The molecule has 3 rings (SSSR count). The molecule has 0 fully saturated rings. The maximum absolute atomic E-state index is 13.0. The maximum atomic E-state index is 13.0. The lowest BCUT2D eigenvalue weighted by Crippen LogP contribution is -2.36. The van der Waals surface area contributed by atoms with Gasteiger partial charge in [0, 0.05) is 16.8 Å². The monoisotopic (exact) mass is 469 g/mol. The predicted octanol–water partition coefficient (Wildman–Crippen LogP) is 4.21. The molecular weight excluding hydrogens is 446 g/mol. The van der Waals surface area contributed by atoms with Crippen LogP contribution in [0.25, 0.3) is 0 Å². The van der Waals surface area contributed by atoms with Gasteiger partial charge in [-0.05, 0) is 31.0 Å². The predicted molar refractivity (Wildman–Crippen MR) is 126 cm³/mol. The van der Waals surface area contributed by atoms with Gasteiger partial charge in [-0.2, -0.15) is 0 Å². The van der Waals surface area contributed by atoms with Crippen molar-refractivity contribution in [3.05, 3.63) is 92.4 Å². The highest BCUT2D eigenvalue weighted by Gasteiger charge is 2.21. The first kappa shape index (κ1) is 23.9. The molecule has 33 heavy (non-hydrogen) atoms. The minimum atomic E-state index is -1.10. The Morgan fingerprint density at radius 2 is 1.76 bits per heavy atom. The lowest BCUT2D eigenvalue weighted by molar-refractivity contribution is -0.137. The molecule has 1 aromatic heterocycles. The number of nitrogens with one attached hydrogen (secondary N) is 2. The topological polar surface area (TPSA) is 121 Å². The van der Waals surface area contributed by atoms with Crippen LogP contribution >= 0.6 is 11.6 Å². The van der Waals surface area contributed by atoms with E-state index >= 15 is 0 Å². The number of aliphatic carboxylic acids is 1. The van der Waals surface area contributed by atoms with Crippen LogP contribution in [-0.4, -0.2) is 26.8 Å². The Hall–Kier alpha value is -3.78. The van der Waals surface area contributed by atoms with E-state index in [4.69, 9.17) is 11.6 Å². The average Bonchev–Trinajstić information content (AvgIpc) is 2.76. The zero-order valence-corrected chi connectivity index (χ0v) is 18.9. The summed E-state index contributed by atoms with van der Waals surface area (Å²) in [6.07, 6.45) is 1.12. The second-order valence-corrected chi connectivity index (χ2v) is 8.13. The van der Waals surface area contributed by atoms with Crippen LogP contribution in [0.2, 0.25) is 5.02 Å². The van der Waals surface area contributed by atoms with E-state index < -0.39 is 23.6 Å². The summed E-state index contributed by atoms with van der Waals surface area (Å²) in [5, 5.41) is 25.1. The molecule has 0 radical (unpaired) electrons. The van der Waals surface area contributed by atoms with E-state index in [0.717, 1.165) is 5.56 Å². The number of urea groups is 1. The fourth-order valence-electron chi connectivity index (χ4n) is 3.37. The minimum absolute atomic E-state index is 0.140. The molecule has 0 aliphatic rings. The Morgan fingerprint density at radius 3 is 2.39 bits per heavy atom. The van der Waals surface area contributed by atoms with Gasteiger partial charge in [0.2, 0.25) is 0 Å². The second-order valence-electron chi connectivity index (χ2n) is 7.72. The first-order valence-corrected chi connectivity index (χ1v) is 10.6. The lowest BCUT2D eigenvalue weighted by atomic mass is 10.0. The molecule has 1 heterocycles. The summed E-state index contributed by atoms with van der Waals surface area (Å²) in [6.45, 7) is 3.63. The van der Waals surface area contributed by atoms with Crippen molar-refractivity contribution in [2.45, 2.75) is 32.9 Å². The number of aryl methyl sites for hydroxylation is 2. The van der Waals surface area contributed by atoms with Gasteiger partial charge in [-0.15, -0.1) is 0 Å². The SMILES string of the molecule is Cc1ccc([C@H](CC(=O)O)NC(=O)Nc2c(O)c(C)cn(Cc3ccccc3Cl)c2=O)cc1. The molecule has 8 nitrogen and oxygen atoms in total. The largest absolute Gasteiger partial charge is 0.505 e. The van der Waals surface area contributed by atoms with E-state index in [0.29, 0.717) is 21.7 Å². The normalized spacial score (nSPS) is 11.6. The van der Waals surface area contributed by atoms with Gasteiger partial charge < -0.3 is 25.4 Å². The van der Waals surface area contributed by atoms with E-state index in [1.54, 1.807) is 43.3 Å². The van der Waals surface area contributed by atoms with Crippen LogP contribution < -0.4 is 16.2 Å². The van der Waals surface area contributed by atoms with Crippen LogP contribution in [0.1, 0.15) is 34.7 Å². The fraction of sp³-hybridized carbons (Fsp3) is 0.208. The first-order valence-electron chi connectivity index (χ1n) is 10.2. The van der Waals surface area contributed by atoms with Crippen LogP contribution in [0.5, 0.6) is 5.75 Å². The highest BCUT2D eigenvalue weighted by atomic mass is 35.5. The van der Waals surface area contributed by atoms with Crippen LogP contribution in [0.3, 0.4) is 0 Å². The third-order valence-electron chi connectivity index (χ3n) is 5.14. The van der Waals surface area contributed by atoms with E-state index in [1.165, 1.54) is 10.8 Å². The number of aromatic hydroxyl groups is 1. The van der Waals surface area contributed by atoms with Crippen molar-refractivity contribution in [3.8, 4) is 5.75 Å². The number of anilines is 1. The number of carbonyl (C=O) groups excluding carboxylic acids is 1. The molecule has 3 aromatic rings. The van der Waals surface area contributed by atoms with Gasteiger partial charge in [-0.3, -0.25) is 9.59 Å². The summed E-state index contributed by atoms with van der Waals surface area (Å²) < 4.78 is 1.33. The molecule has 0 bridgehead atoms. The molecule has 9 heteroatoms. The van der Waals surface area contributed by atoms with Crippen molar-refractivity contribution in [2.75, 3.05) is 5.32 Å². The van der Waals surface area contributed by atoms with Gasteiger partial charge in [0.15, 0.2) is 5.69 Å². The average molecular weight is 470 g/mol. The second kappa shape index (κ2) is 10.2. The van der Waals surface area contributed by atoms with Crippen molar-refractivity contribution in [3.63, 3.8) is 0 Å². The van der Waals surface area contributed by atoms with Crippen LogP contribution in [0, 0.1) is 13.8 Å². The Bertz CT molecular complexity index is 1240. The molecule has 2 aromatic carbocycles. The number of pyridine rings is 1. The number of rotatable bonds is 7. The van der Waals surface area contributed by atoms with Crippen LogP contribution in [-0.2, 0) is 11.3 Å². The van der Waals surface area contributed by atoms with E-state index in [1.807, 2.05) is 19.1 Å². The number of amides is 2. The number of hydrogen-bond donors (Lipinski definition) is 4. The smallest absolute Gasteiger partial charge is 0.319 e. The zero-order chi connectivity index (χ0) is 24.1. The van der Waals surface area contributed by atoms with Crippen molar-refractivity contribution >= 4 is 29.3 Å². The molecule has 4 N–H and O–H groups in total. The third-order valence-corrected chi connectivity index (χ3v) is 5.50. The van der Waals surface area contributed by atoms with Gasteiger partial charge in [0.05, 0.1) is 19.0 Å². The number of carboxylic acids is 1. The molecule has 172 valence electrons. The molecule has 1 atom stereocenters. The van der Waals surface area contributed by atoms with Crippen molar-refractivity contribution in [2.24, 2.45) is 0 Å². The number of carboxylic acid groups (broad SMARTS) is 1. The van der Waals surface area contributed by atoms with Crippen molar-refractivity contribution < 1.29 is 19.8 Å². The minimum Gasteiger partial charge on any atom is -0.505 e. The molecule has 0 saturated carbocycles. The Morgan fingerprint density at radius 1 is 1.09 bits per heavy atom. The molecule has 0 aliphatic carbocycles. The third kappa shape index (κ3) is 5.93. The summed E-state index contributed by atoms with van der Waals surface area (Å²) in [4.78, 5) is 37.0. The van der Waals surface area contributed by atoms with Gasteiger partial charge in [-0.1, -0.05) is 59.6 Å². The number of nitrogens with zero attached hydrogens (tertiary/aromatic N) is 1. The van der Waals surface area contributed by atoms with E-state index in [2.05, 4.69) is 10.6 Å². The Balaban J connectivity index is 1.86. The molecular formula is C24H24ClN3O5. The summed E-state index contributed by atoms with van der Waals surface area (Å²) in [5.41, 5.74) is 1.72. The number of aromatic nitrogens is 1. The van der Waals surface area contributed by atoms with Gasteiger partial charge in [0.25, 0.3) is 5.56 Å². The van der Waals surface area contributed by atoms with Gasteiger partial charge in [-0.25, -0.2) is 4.79 Å². The van der Waals surface area contributed by atoms with Crippen LogP contribution in [0.15, 0.2) is 59.5 Å². The summed E-state index contributed by atoms with van der Waals surface area (Å²) >= 11 is 6.20. The molecule has 0 aliphatic heterocycles. The maximum Gasteiger partial charge on any atom is 0.319 e. The zero-order valence-electron chi connectivity index (χ0n) is 18.1. The molecule has 2 amide bonds. The number of hydrogen-bond acceptors (Lipinski definition) is 4.